The molecule has 0 aliphatic carbocycles. The molecule has 1 unspecified atom stereocenters. The number of carbonyl (C=O) groups is 2. The summed E-state index contributed by atoms with van der Waals surface area (Å²) in [5.74, 6) is -1.03. The molecule has 1 fully saturated rings. The van der Waals surface area contributed by atoms with Crippen LogP contribution in [0, 0.1) is 6.92 Å². The van der Waals surface area contributed by atoms with Crippen LogP contribution in [0.2, 0.25) is 5.02 Å². The number of methoxy groups -OCH3 is 1. The first-order chi connectivity index (χ1) is 16.6. The molecule has 35 heavy (non-hydrogen) atoms. The van der Waals surface area contributed by atoms with Crippen LogP contribution in [0.4, 0.5) is 5.69 Å². The highest BCUT2D eigenvalue weighted by atomic mass is 35.5. The summed E-state index contributed by atoms with van der Waals surface area (Å²) in [6.07, 6.45) is 0. The van der Waals surface area contributed by atoms with Crippen molar-refractivity contribution >= 4 is 34.7 Å². The van der Waals surface area contributed by atoms with Gasteiger partial charge in [-0.1, -0.05) is 43.6 Å². The highest BCUT2D eigenvalue weighted by molar-refractivity contribution is 6.51. The molecule has 0 saturated carbocycles. The van der Waals surface area contributed by atoms with E-state index in [1.807, 2.05) is 26.8 Å². The molecule has 1 aliphatic rings. The Morgan fingerprint density at radius 2 is 1.74 bits per heavy atom. The maximum absolute atomic E-state index is 13.4. The third-order valence-corrected chi connectivity index (χ3v) is 6.43. The number of amides is 1. The average Bonchev–Trinajstić information content (AvgIpc) is 3.09. The van der Waals surface area contributed by atoms with Gasteiger partial charge in [-0.25, -0.2) is 0 Å². The summed E-state index contributed by atoms with van der Waals surface area (Å²) in [4.78, 5) is 28.0. The Labute approximate surface area is 209 Å². The number of ether oxygens (including phenoxy) is 1. The molecular weight excluding hydrogens is 466 g/mol. The van der Waals surface area contributed by atoms with Crippen LogP contribution in [0.5, 0.6) is 11.5 Å². The second kappa shape index (κ2) is 9.47. The monoisotopic (exact) mass is 491 g/mol. The number of aliphatic hydroxyl groups excluding tert-OH is 1. The number of hydrogen-bond acceptors (Lipinski definition) is 5. The molecule has 0 radical (unpaired) electrons. The minimum atomic E-state index is -0.918. The van der Waals surface area contributed by atoms with Gasteiger partial charge in [-0.05, 0) is 72.0 Å². The van der Waals surface area contributed by atoms with Crippen molar-refractivity contribution in [3.63, 3.8) is 0 Å². The maximum Gasteiger partial charge on any atom is 0.300 e. The lowest BCUT2D eigenvalue weighted by Crippen LogP contribution is -2.29. The number of ketones is 1. The maximum atomic E-state index is 13.4. The number of phenolic OH excluding ortho intramolecular Hbond substituents is 1. The highest BCUT2D eigenvalue weighted by Gasteiger charge is 2.47. The zero-order valence-electron chi connectivity index (χ0n) is 19.9. The summed E-state index contributed by atoms with van der Waals surface area (Å²) in [6, 6.07) is 15.5. The summed E-state index contributed by atoms with van der Waals surface area (Å²) >= 11 is 6.18. The van der Waals surface area contributed by atoms with Gasteiger partial charge in [0.1, 0.15) is 17.3 Å². The zero-order valence-corrected chi connectivity index (χ0v) is 20.6. The Morgan fingerprint density at radius 3 is 2.34 bits per heavy atom. The molecule has 4 rings (SSSR count). The lowest BCUT2D eigenvalue weighted by atomic mass is 9.91. The number of anilines is 1. The van der Waals surface area contributed by atoms with Gasteiger partial charge < -0.3 is 14.9 Å². The van der Waals surface area contributed by atoms with E-state index in [0.29, 0.717) is 33.1 Å². The fourth-order valence-corrected chi connectivity index (χ4v) is 4.61. The first kappa shape index (κ1) is 24.4. The van der Waals surface area contributed by atoms with Gasteiger partial charge in [0.05, 0.1) is 18.7 Å². The first-order valence-electron chi connectivity index (χ1n) is 11.2. The molecule has 0 spiro atoms. The minimum absolute atomic E-state index is 0.0383. The number of Topliss-reactive ketones (excluding diaryl/α,β-unsaturated/α-hetero) is 1. The third kappa shape index (κ3) is 4.37. The van der Waals surface area contributed by atoms with Crippen LogP contribution in [0.1, 0.15) is 48.1 Å². The van der Waals surface area contributed by atoms with Crippen LogP contribution in [0.3, 0.4) is 0 Å². The van der Waals surface area contributed by atoms with E-state index in [1.165, 1.54) is 17.0 Å². The van der Waals surface area contributed by atoms with Crippen LogP contribution in [-0.4, -0.2) is 29.0 Å². The Kier molecular flexibility index (Phi) is 6.59. The van der Waals surface area contributed by atoms with E-state index < -0.39 is 17.7 Å². The van der Waals surface area contributed by atoms with Crippen LogP contribution < -0.4 is 9.64 Å². The molecule has 1 saturated heterocycles. The van der Waals surface area contributed by atoms with Crippen LogP contribution >= 0.6 is 11.6 Å². The van der Waals surface area contributed by atoms with Crippen molar-refractivity contribution in [3.05, 3.63) is 93.5 Å². The van der Waals surface area contributed by atoms with Gasteiger partial charge in [0.15, 0.2) is 0 Å². The van der Waals surface area contributed by atoms with E-state index in [1.54, 1.807) is 49.6 Å². The van der Waals surface area contributed by atoms with E-state index in [-0.39, 0.29) is 23.0 Å². The normalized spacial score (nSPS) is 17.3. The second-order valence-corrected chi connectivity index (χ2v) is 9.24. The number of aliphatic hydroxyl groups is 1. The van der Waals surface area contributed by atoms with Crippen molar-refractivity contribution < 1.29 is 24.5 Å². The molecule has 3 aromatic rings. The van der Waals surface area contributed by atoms with E-state index in [9.17, 15) is 19.8 Å². The Balaban J connectivity index is 1.99. The van der Waals surface area contributed by atoms with Gasteiger partial charge in [-0.15, -0.1) is 0 Å². The minimum Gasteiger partial charge on any atom is -0.508 e. The zero-order chi connectivity index (χ0) is 25.4. The number of halogens is 1. The predicted octanol–water partition coefficient (Wildman–Crippen LogP) is 6.11. The number of carbonyl (C=O) groups excluding carboxylic acids is 2. The van der Waals surface area contributed by atoms with Crippen molar-refractivity contribution in [2.75, 3.05) is 12.0 Å². The molecule has 0 aromatic heterocycles. The van der Waals surface area contributed by atoms with Gasteiger partial charge in [-0.2, -0.15) is 0 Å². The van der Waals surface area contributed by atoms with Crippen molar-refractivity contribution in [2.45, 2.75) is 32.7 Å². The Bertz CT molecular complexity index is 1340. The number of benzene rings is 3. The van der Waals surface area contributed by atoms with Gasteiger partial charge >= 0.3 is 0 Å². The molecule has 1 amide bonds. The second-order valence-electron chi connectivity index (χ2n) is 8.80. The van der Waals surface area contributed by atoms with E-state index in [0.717, 1.165) is 5.56 Å². The first-order valence-corrected chi connectivity index (χ1v) is 11.6. The van der Waals surface area contributed by atoms with E-state index in [2.05, 4.69) is 0 Å². The van der Waals surface area contributed by atoms with Gasteiger partial charge in [0.25, 0.3) is 11.7 Å². The molecule has 180 valence electrons. The van der Waals surface area contributed by atoms with Gasteiger partial charge in [0, 0.05) is 16.3 Å². The summed E-state index contributed by atoms with van der Waals surface area (Å²) in [7, 11) is 1.58. The van der Waals surface area contributed by atoms with Crippen molar-refractivity contribution in [1.82, 2.24) is 0 Å². The number of hydrogen-bond donors (Lipinski definition) is 2. The standard InChI is InChI=1S/C28H26ClNO5/c1-15(2)21-14-22(16(3)12-23(21)35-4)26(32)24-25(17-8-10-20(31)11-9-17)30(28(34)27(24)33)19-7-5-6-18(29)13-19/h5-15,25,31-32H,1-4H3/b26-24+. The number of aromatic hydroxyl groups is 1. The largest absolute Gasteiger partial charge is 0.508 e. The van der Waals surface area contributed by atoms with Gasteiger partial charge in [0.2, 0.25) is 0 Å². The van der Waals surface area contributed by atoms with Crippen LogP contribution in [-0.2, 0) is 9.59 Å². The fraction of sp³-hybridized carbons (Fsp3) is 0.214. The van der Waals surface area contributed by atoms with Crippen LogP contribution in [0.15, 0.2) is 66.2 Å². The van der Waals surface area contributed by atoms with E-state index >= 15 is 0 Å². The fourth-order valence-electron chi connectivity index (χ4n) is 4.42. The molecule has 0 bridgehead atoms. The third-order valence-electron chi connectivity index (χ3n) is 6.19. The molecule has 1 heterocycles. The number of rotatable bonds is 5. The Morgan fingerprint density at radius 1 is 1.06 bits per heavy atom. The lowest BCUT2D eigenvalue weighted by molar-refractivity contribution is -0.132. The summed E-state index contributed by atoms with van der Waals surface area (Å²) in [5.41, 5.74) is 2.95. The summed E-state index contributed by atoms with van der Waals surface area (Å²) in [6.45, 7) is 5.82. The highest BCUT2D eigenvalue weighted by Crippen LogP contribution is 2.44. The SMILES string of the molecule is COc1cc(C)c(/C(O)=C2\C(=O)C(=O)N(c3cccc(Cl)c3)C2c2ccc(O)cc2)cc1C(C)C. The molecular formula is C28H26ClNO5. The van der Waals surface area contributed by atoms with Crippen LogP contribution in [0.25, 0.3) is 5.76 Å². The summed E-state index contributed by atoms with van der Waals surface area (Å²) < 4.78 is 5.51. The van der Waals surface area contributed by atoms with E-state index in [4.69, 9.17) is 16.3 Å². The topological polar surface area (TPSA) is 87.1 Å². The molecule has 1 aliphatic heterocycles. The quantitative estimate of drug-likeness (QED) is 0.255. The van der Waals surface area contributed by atoms with Gasteiger partial charge in [-0.3, -0.25) is 14.5 Å². The Hall–Kier alpha value is -3.77. The molecule has 1 atom stereocenters. The smallest absolute Gasteiger partial charge is 0.300 e. The number of aryl methyl sites for hydroxylation is 1. The number of phenols is 1. The molecule has 2 N–H and O–H groups in total. The summed E-state index contributed by atoms with van der Waals surface area (Å²) in [5, 5.41) is 21.7. The predicted molar refractivity (Wildman–Crippen MR) is 136 cm³/mol. The lowest BCUT2D eigenvalue weighted by Gasteiger charge is -2.26. The molecule has 7 heteroatoms. The average molecular weight is 492 g/mol. The molecule has 6 nitrogen and oxygen atoms in total. The van der Waals surface area contributed by atoms with Crippen molar-refractivity contribution in [2.24, 2.45) is 0 Å². The van der Waals surface area contributed by atoms with Crippen molar-refractivity contribution in [1.29, 1.82) is 0 Å². The number of nitrogens with zero attached hydrogens (tertiary/aromatic N) is 1. The molecule has 3 aromatic carbocycles. The van der Waals surface area contributed by atoms with Crippen molar-refractivity contribution in [3.8, 4) is 11.5 Å².